The summed E-state index contributed by atoms with van der Waals surface area (Å²) in [6.45, 7) is 5.09. The Labute approximate surface area is 119 Å². The monoisotopic (exact) mass is 284 g/mol. The fraction of sp³-hybridized carbons (Fsp3) is 0.500. The van der Waals surface area contributed by atoms with Crippen LogP contribution in [0.5, 0.6) is 0 Å². The van der Waals surface area contributed by atoms with Crippen LogP contribution in [0, 0.1) is 5.92 Å². The van der Waals surface area contributed by atoms with Gasteiger partial charge >= 0.3 is 5.97 Å². The number of nitrogens with zero attached hydrogens (tertiary/aromatic N) is 1. The van der Waals surface area contributed by atoms with Crippen LogP contribution in [0.15, 0.2) is 12.1 Å². The summed E-state index contributed by atoms with van der Waals surface area (Å²) in [5.74, 6) is 0.0734. The third kappa shape index (κ3) is 3.77. The fourth-order valence-corrected chi connectivity index (χ4v) is 2.33. The molecule has 0 aliphatic carbocycles. The lowest BCUT2D eigenvalue weighted by Gasteiger charge is -2.26. The Hall–Kier alpha value is -1.42. The van der Waals surface area contributed by atoms with E-state index in [0.29, 0.717) is 27.9 Å². The summed E-state index contributed by atoms with van der Waals surface area (Å²) < 4.78 is 4.79. The number of halogens is 1. The van der Waals surface area contributed by atoms with Crippen molar-refractivity contribution in [2.75, 3.05) is 31.3 Å². The molecule has 1 rings (SSSR count). The molecular formula is C14H21ClN2O2. The van der Waals surface area contributed by atoms with Gasteiger partial charge in [-0.15, -0.1) is 0 Å². The van der Waals surface area contributed by atoms with Gasteiger partial charge in [-0.25, -0.2) is 4.79 Å². The number of hydrogen-bond acceptors (Lipinski definition) is 4. The number of anilines is 2. The van der Waals surface area contributed by atoms with Gasteiger partial charge < -0.3 is 15.4 Å². The van der Waals surface area contributed by atoms with E-state index >= 15 is 0 Å². The van der Waals surface area contributed by atoms with Crippen molar-refractivity contribution in [1.82, 2.24) is 0 Å². The molecule has 0 bridgehead atoms. The number of esters is 1. The maximum atomic E-state index is 11.8. The number of carbonyl (C=O) groups is 1. The second kappa shape index (κ2) is 6.66. The van der Waals surface area contributed by atoms with Gasteiger partial charge in [-0.2, -0.15) is 0 Å². The van der Waals surface area contributed by atoms with E-state index in [2.05, 4.69) is 13.8 Å². The number of methoxy groups -OCH3 is 1. The van der Waals surface area contributed by atoms with E-state index in [0.717, 1.165) is 13.0 Å². The molecule has 0 heterocycles. The smallest absolute Gasteiger partial charge is 0.340 e. The summed E-state index contributed by atoms with van der Waals surface area (Å²) in [5.41, 5.74) is 7.26. The zero-order chi connectivity index (χ0) is 14.6. The molecule has 1 atom stereocenters. The predicted molar refractivity (Wildman–Crippen MR) is 79.9 cm³/mol. The Kier molecular flexibility index (Phi) is 5.48. The van der Waals surface area contributed by atoms with Gasteiger partial charge in [0.05, 0.1) is 23.4 Å². The van der Waals surface area contributed by atoms with Crippen LogP contribution in [-0.2, 0) is 4.74 Å². The van der Waals surface area contributed by atoms with Gasteiger partial charge in [0.2, 0.25) is 0 Å². The SMILES string of the molecule is CCC(C)CN(C)c1c(Cl)cc(N)cc1C(=O)OC. The second-order valence-electron chi connectivity index (χ2n) is 4.78. The van der Waals surface area contributed by atoms with Gasteiger partial charge in [-0.05, 0) is 18.1 Å². The van der Waals surface area contributed by atoms with Crippen LogP contribution in [0.25, 0.3) is 0 Å². The predicted octanol–water partition coefficient (Wildman–Crippen LogP) is 3.19. The number of benzene rings is 1. The average Bonchev–Trinajstić information content (AvgIpc) is 2.36. The molecule has 4 nitrogen and oxygen atoms in total. The minimum absolute atomic E-state index is 0.401. The first-order valence-corrected chi connectivity index (χ1v) is 6.66. The van der Waals surface area contributed by atoms with Crippen molar-refractivity contribution >= 4 is 28.9 Å². The first kappa shape index (κ1) is 15.6. The lowest BCUT2D eigenvalue weighted by Crippen LogP contribution is -2.26. The van der Waals surface area contributed by atoms with Gasteiger partial charge in [0, 0.05) is 19.3 Å². The molecule has 0 spiro atoms. The van der Waals surface area contributed by atoms with E-state index in [9.17, 15) is 4.79 Å². The van der Waals surface area contributed by atoms with Gasteiger partial charge in [-0.3, -0.25) is 0 Å². The molecule has 1 unspecified atom stereocenters. The molecule has 5 heteroatoms. The summed E-state index contributed by atoms with van der Waals surface area (Å²) >= 11 is 6.23. The van der Waals surface area contributed by atoms with Gasteiger partial charge in [0.1, 0.15) is 0 Å². The van der Waals surface area contributed by atoms with Crippen molar-refractivity contribution in [1.29, 1.82) is 0 Å². The largest absolute Gasteiger partial charge is 0.465 e. The van der Waals surface area contributed by atoms with Crippen molar-refractivity contribution in [2.24, 2.45) is 5.92 Å². The van der Waals surface area contributed by atoms with Crippen LogP contribution in [0.2, 0.25) is 5.02 Å². The molecule has 0 amide bonds. The third-order valence-electron chi connectivity index (χ3n) is 3.16. The maximum absolute atomic E-state index is 11.8. The van der Waals surface area contributed by atoms with Gasteiger partial charge in [0.15, 0.2) is 0 Å². The quantitative estimate of drug-likeness (QED) is 0.666. The summed E-state index contributed by atoms with van der Waals surface area (Å²) in [5, 5.41) is 0.464. The molecule has 0 aliphatic rings. The Morgan fingerprint density at radius 2 is 2.16 bits per heavy atom. The second-order valence-corrected chi connectivity index (χ2v) is 5.19. The standard InChI is InChI=1S/C14H21ClN2O2/c1-5-9(2)8-17(3)13-11(14(18)19-4)6-10(16)7-12(13)15/h6-7,9H,5,8,16H2,1-4H3. The minimum atomic E-state index is -0.430. The number of hydrogen-bond donors (Lipinski definition) is 1. The molecular weight excluding hydrogens is 264 g/mol. The van der Waals surface area contributed by atoms with Crippen molar-refractivity contribution < 1.29 is 9.53 Å². The molecule has 0 saturated carbocycles. The van der Waals surface area contributed by atoms with Crippen molar-refractivity contribution in [3.8, 4) is 0 Å². The molecule has 0 radical (unpaired) electrons. The maximum Gasteiger partial charge on any atom is 0.340 e. The molecule has 0 fully saturated rings. The van der Waals surface area contributed by atoms with Crippen LogP contribution in [0.4, 0.5) is 11.4 Å². The average molecular weight is 285 g/mol. The van der Waals surface area contributed by atoms with Crippen LogP contribution < -0.4 is 10.6 Å². The highest BCUT2D eigenvalue weighted by Crippen LogP contribution is 2.33. The molecule has 0 aliphatic heterocycles. The van der Waals surface area contributed by atoms with E-state index in [1.807, 2.05) is 11.9 Å². The number of nitrogens with two attached hydrogens (primary N) is 1. The summed E-state index contributed by atoms with van der Waals surface area (Å²) in [4.78, 5) is 13.8. The van der Waals surface area contributed by atoms with Crippen molar-refractivity contribution in [2.45, 2.75) is 20.3 Å². The van der Waals surface area contributed by atoms with Crippen LogP contribution in [0.3, 0.4) is 0 Å². The number of carbonyl (C=O) groups excluding carboxylic acids is 1. The van der Waals surface area contributed by atoms with Crippen LogP contribution in [-0.4, -0.2) is 26.7 Å². The molecule has 0 aromatic heterocycles. The fourth-order valence-electron chi connectivity index (χ4n) is 1.96. The summed E-state index contributed by atoms with van der Waals surface area (Å²) in [7, 11) is 3.26. The highest BCUT2D eigenvalue weighted by molar-refractivity contribution is 6.34. The Bertz CT molecular complexity index is 463. The lowest BCUT2D eigenvalue weighted by atomic mass is 10.1. The lowest BCUT2D eigenvalue weighted by molar-refractivity contribution is 0.0601. The molecule has 1 aromatic rings. The Balaban J connectivity index is 3.20. The van der Waals surface area contributed by atoms with Crippen molar-refractivity contribution in [3.05, 3.63) is 22.7 Å². The zero-order valence-electron chi connectivity index (χ0n) is 11.9. The first-order chi connectivity index (χ1) is 8.90. The molecule has 19 heavy (non-hydrogen) atoms. The van der Waals surface area contributed by atoms with Crippen LogP contribution >= 0.6 is 11.6 Å². The summed E-state index contributed by atoms with van der Waals surface area (Å²) in [6.07, 6.45) is 1.06. The third-order valence-corrected chi connectivity index (χ3v) is 3.44. The number of ether oxygens (including phenoxy) is 1. The number of rotatable bonds is 5. The van der Waals surface area contributed by atoms with Gasteiger partial charge in [-0.1, -0.05) is 31.9 Å². The van der Waals surface area contributed by atoms with Crippen molar-refractivity contribution in [3.63, 3.8) is 0 Å². The normalized spacial score (nSPS) is 12.1. The number of nitrogen functional groups attached to an aromatic ring is 1. The molecule has 1 aromatic carbocycles. The van der Waals surface area contributed by atoms with E-state index < -0.39 is 5.97 Å². The molecule has 106 valence electrons. The van der Waals surface area contributed by atoms with E-state index in [-0.39, 0.29) is 0 Å². The Morgan fingerprint density at radius 3 is 2.68 bits per heavy atom. The molecule has 0 saturated heterocycles. The minimum Gasteiger partial charge on any atom is -0.465 e. The van der Waals surface area contributed by atoms with Crippen LogP contribution in [0.1, 0.15) is 30.6 Å². The van der Waals surface area contributed by atoms with Gasteiger partial charge in [0.25, 0.3) is 0 Å². The molecule has 2 N–H and O–H groups in total. The van der Waals surface area contributed by atoms with E-state index in [1.165, 1.54) is 7.11 Å². The van der Waals surface area contributed by atoms with E-state index in [4.69, 9.17) is 22.1 Å². The zero-order valence-corrected chi connectivity index (χ0v) is 12.6. The summed E-state index contributed by atoms with van der Waals surface area (Å²) in [6, 6.07) is 3.25. The topological polar surface area (TPSA) is 55.6 Å². The first-order valence-electron chi connectivity index (χ1n) is 6.29. The highest BCUT2D eigenvalue weighted by atomic mass is 35.5. The Morgan fingerprint density at radius 1 is 1.53 bits per heavy atom. The highest BCUT2D eigenvalue weighted by Gasteiger charge is 2.20. The van der Waals surface area contributed by atoms with E-state index in [1.54, 1.807) is 12.1 Å².